The Hall–Kier alpha value is -1.31. The summed E-state index contributed by atoms with van der Waals surface area (Å²) in [7, 11) is 0. The van der Waals surface area contributed by atoms with Crippen molar-refractivity contribution in [1.29, 1.82) is 0 Å². The lowest BCUT2D eigenvalue weighted by Crippen LogP contribution is -2.40. The van der Waals surface area contributed by atoms with Crippen molar-refractivity contribution in [1.82, 2.24) is 0 Å². The number of hydrogen-bond acceptors (Lipinski definition) is 2. The molecule has 0 unspecified atom stereocenters. The van der Waals surface area contributed by atoms with Gasteiger partial charge in [0.05, 0.1) is 12.5 Å². The van der Waals surface area contributed by atoms with E-state index in [-0.39, 0.29) is 22.7 Å². The van der Waals surface area contributed by atoms with Crippen molar-refractivity contribution in [3.05, 3.63) is 34.4 Å². The molecular formula is C24H34O2. The van der Waals surface area contributed by atoms with Crippen LogP contribution in [-0.4, -0.2) is 12.6 Å². The van der Waals surface area contributed by atoms with Crippen LogP contribution in [0.2, 0.25) is 0 Å². The third kappa shape index (κ3) is 2.72. The molecule has 4 aliphatic carbocycles. The molecule has 2 nitrogen and oxygen atoms in total. The first-order chi connectivity index (χ1) is 12.5. The lowest BCUT2D eigenvalue weighted by molar-refractivity contribution is -0.147. The zero-order valence-corrected chi connectivity index (χ0v) is 16.8. The number of fused-ring (bicyclic) bond motifs is 4. The number of rotatable bonds is 4. The Labute approximate surface area is 158 Å². The Morgan fingerprint density at radius 2 is 2.04 bits per heavy atom. The summed E-state index contributed by atoms with van der Waals surface area (Å²) in [5, 5.41) is 0. The number of carbonyl (C=O) groups is 1. The van der Waals surface area contributed by atoms with Crippen molar-refractivity contribution in [3.63, 3.8) is 0 Å². The Kier molecular flexibility index (Phi) is 4.65. The average Bonchev–Trinajstić information content (AvgIpc) is 3.02. The molecule has 142 valence electrons. The van der Waals surface area contributed by atoms with Gasteiger partial charge < -0.3 is 4.74 Å². The fourth-order valence-corrected chi connectivity index (χ4v) is 5.99. The number of ether oxygens (including phenoxy) is 1. The second-order valence-corrected chi connectivity index (χ2v) is 9.34. The van der Waals surface area contributed by atoms with Gasteiger partial charge in [0.25, 0.3) is 0 Å². The van der Waals surface area contributed by atoms with E-state index in [1.807, 2.05) is 0 Å². The molecule has 0 aliphatic heterocycles. The third-order valence-electron chi connectivity index (χ3n) is 7.68. The molecule has 0 heterocycles. The first-order valence-corrected chi connectivity index (χ1v) is 10.8. The average molecular weight is 355 g/mol. The fourth-order valence-electron chi connectivity index (χ4n) is 5.99. The highest BCUT2D eigenvalue weighted by molar-refractivity contribution is 5.80. The minimum atomic E-state index is -0.0664. The maximum Gasteiger partial charge on any atom is 0.313 e. The maximum atomic E-state index is 13.1. The highest BCUT2D eigenvalue weighted by atomic mass is 16.5. The molecule has 0 aromatic rings. The van der Waals surface area contributed by atoms with Crippen LogP contribution in [0.4, 0.5) is 0 Å². The number of hydrogen-bond donors (Lipinski definition) is 0. The molecule has 0 fully saturated rings. The van der Waals surface area contributed by atoms with Crippen LogP contribution in [0.15, 0.2) is 34.4 Å². The summed E-state index contributed by atoms with van der Waals surface area (Å²) in [4.78, 5) is 13.1. The molecule has 0 aromatic carbocycles. The van der Waals surface area contributed by atoms with Gasteiger partial charge in [-0.1, -0.05) is 50.5 Å². The van der Waals surface area contributed by atoms with Gasteiger partial charge in [-0.25, -0.2) is 0 Å². The molecule has 3 atom stereocenters. The molecule has 4 aliphatic rings. The van der Waals surface area contributed by atoms with Gasteiger partial charge in [0.15, 0.2) is 0 Å². The van der Waals surface area contributed by atoms with Crippen LogP contribution in [0.5, 0.6) is 0 Å². The fraction of sp³-hybridized carbons (Fsp3) is 0.708. The molecular weight excluding hydrogens is 320 g/mol. The van der Waals surface area contributed by atoms with Gasteiger partial charge in [-0.15, -0.1) is 0 Å². The predicted molar refractivity (Wildman–Crippen MR) is 106 cm³/mol. The van der Waals surface area contributed by atoms with Gasteiger partial charge in [0, 0.05) is 5.41 Å². The van der Waals surface area contributed by atoms with E-state index in [0.29, 0.717) is 6.61 Å². The third-order valence-corrected chi connectivity index (χ3v) is 7.68. The van der Waals surface area contributed by atoms with Crippen molar-refractivity contribution in [2.45, 2.75) is 85.0 Å². The van der Waals surface area contributed by atoms with Crippen molar-refractivity contribution >= 4 is 5.97 Å². The quantitative estimate of drug-likeness (QED) is 0.337. The topological polar surface area (TPSA) is 26.3 Å². The van der Waals surface area contributed by atoms with E-state index in [0.717, 1.165) is 25.7 Å². The normalized spacial score (nSPS) is 35.9. The van der Waals surface area contributed by atoms with Crippen LogP contribution in [-0.2, 0) is 9.53 Å². The second-order valence-electron chi connectivity index (χ2n) is 9.34. The van der Waals surface area contributed by atoms with Gasteiger partial charge in [0.2, 0.25) is 0 Å². The van der Waals surface area contributed by atoms with Crippen LogP contribution in [0.1, 0.15) is 85.0 Å². The van der Waals surface area contributed by atoms with E-state index < -0.39 is 0 Å². The van der Waals surface area contributed by atoms with E-state index in [1.165, 1.54) is 55.2 Å². The Balaban J connectivity index is 1.77. The lowest BCUT2D eigenvalue weighted by Gasteiger charge is -2.50. The molecule has 26 heavy (non-hydrogen) atoms. The summed E-state index contributed by atoms with van der Waals surface area (Å²) in [5.74, 6) is -0.0419. The SMILES string of the molecule is CCCCOC(=O)[C@@H]1CC2=CCCC[C@]2(C)C2=C1C1=CCC[C@@]1(C)CC2. The van der Waals surface area contributed by atoms with Crippen LogP contribution >= 0.6 is 0 Å². The van der Waals surface area contributed by atoms with Gasteiger partial charge >= 0.3 is 5.97 Å². The Bertz CT molecular complexity index is 695. The first kappa shape index (κ1) is 18.1. The number of allylic oxidation sites excluding steroid dienone is 5. The highest BCUT2D eigenvalue weighted by Gasteiger charge is 2.51. The molecule has 2 heteroatoms. The summed E-state index contributed by atoms with van der Waals surface area (Å²) in [6.45, 7) is 7.58. The predicted octanol–water partition coefficient (Wildman–Crippen LogP) is 6.28. The molecule has 0 radical (unpaired) electrons. The van der Waals surface area contributed by atoms with Gasteiger partial charge in [0.1, 0.15) is 0 Å². The van der Waals surface area contributed by atoms with Crippen LogP contribution in [0.25, 0.3) is 0 Å². The zero-order valence-electron chi connectivity index (χ0n) is 16.8. The van der Waals surface area contributed by atoms with Crippen molar-refractivity contribution in [2.24, 2.45) is 16.7 Å². The molecule has 0 spiro atoms. The highest BCUT2D eigenvalue weighted by Crippen LogP contribution is 2.62. The maximum absolute atomic E-state index is 13.1. The van der Waals surface area contributed by atoms with Crippen LogP contribution in [0, 0.1) is 16.7 Å². The number of unbranched alkanes of at least 4 members (excludes halogenated alkanes) is 1. The van der Waals surface area contributed by atoms with Crippen LogP contribution < -0.4 is 0 Å². The standard InChI is InChI=1S/C24H34O2/c1-4-5-15-26-22(25)18-16-17-9-6-7-13-24(17,3)20-11-14-23(2)12-8-10-19(23)21(18)20/h9-10,18H,4-8,11-16H2,1-3H3/t18-,23+,24+/m1/s1. The van der Waals surface area contributed by atoms with E-state index in [1.54, 1.807) is 5.57 Å². The largest absolute Gasteiger partial charge is 0.465 e. The summed E-state index contributed by atoms with van der Waals surface area (Å²) < 4.78 is 5.74. The molecule has 0 saturated heterocycles. The monoisotopic (exact) mass is 354 g/mol. The molecule has 0 aromatic heterocycles. The lowest BCUT2D eigenvalue weighted by atomic mass is 9.54. The van der Waals surface area contributed by atoms with E-state index in [4.69, 9.17) is 4.74 Å². The zero-order chi connectivity index (χ0) is 18.4. The van der Waals surface area contributed by atoms with Gasteiger partial charge in [-0.3, -0.25) is 4.79 Å². The van der Waals surface area contributed by atoms with Crippen molar-refractivity contribution in [3.8, 4) is 0 Å². The van der Waals surface area contributed by atoms with Crippen molar-refractivity contribution in [2.75, 3.05) is 6.61 Å². The minimum absolute atomic E-state index is 0.0246. The molecule has 0 saturated carbocycles. The van der Waals surface area contributed by atoms with E-state index in [2.05, 4.69) is 32.9 Å². The molecule has 0 amide bonds. The van der Waals surface area contributed by atoms with Crippen molar-refractivity contribution < 1.29 is 9.53 Å². The first-order valence-electron chi connectivity index (χ1n) is 10.8. The Morgan fingerprint density at radius 1 is 1.19 bits per heavy atom. The summed E-state index contributed by atoms with van der Waals surface area (Å²) in [6, 6.07) is 0. The summed E-state index contributed by atoms with van der Waals surface area (Å²) >= 11 is 0. The summed E-state index contributed by atoms with van der Waals surface area (Å²) in [6.07, 6.45) is 16.3. The van der Waals surface area contributed by atoms with Gasteiger partial charge in [-0.05, 0) is 74.3 Å². The molecule has 0 bridgehead atoms. The summed E-state index contributed by atoms with van der Waals surface area (Å²) in [5.41, 5.74) is 6.48. The molecule has 4 rings (SSSR count). The van der Waals surface area contributed by atoms with Gasteiger partial charge in [-0.2, -0.15) is 0 Å². The van der Waals surface area contributed by atoms with E-state index in [9.17, 15) is 4.79 Å². The number of esters is 1. The van der Waals surface area contributed by atoms with Crippen LogP contribution in [0.3, 0.4) is 0 Å². The second kappa shape index (κ2) is 6.69. The minimum Gasteiger partial charge on any atom is -0.465 e. The Morgan fingerprint density at radius 3 is 2.85 bits per heavy atom. The van der Waals surface area contributed by atoms with E-state index >= 15 is 0 Å². The smallest absolute Gasteiger partial charge is 0.313 e. The molecule has 0 N–H and O–H groups in total. The number of carbonyl (C=O) groups excluding carboxylic acids is 1.